The number of likely N-dealkylation sites (tertiary alicyclic amines) is 1. The standard InChI is InChI=1S/C19H31N3O2/c1-14(2)18(21(3)4)19(24)20-11-16-10-17(23)13-22(16)12-15-8-6-5-7-9-15/h5-9,14,16-18,23H,10-13H2,1-4H3,(H,20,24). The van der Waals surface area contributed by atoms with E-state index in [1.54, 1.807) is 0 Å². The Hall–Kier alpha value is -1.43. The van der Waals surface area contributed by atoms with E-state index in [1.165, 1.54) is 5.56 Å². The molecular weight excluding hydrogens is 302 g/mol. The van der Waals surface area contributed by atoms with E-state index in [-0.39, 0.29) is 30.0 Å². The largest absolute Gasteiger partial charge is 0.392 e. The van der Waals surface area contributed by atoms with Crippen molar-refractivity contribution in [3.63, 3.8) is 0 Å². The van der Waals surface area contributed by atoms with Gasteiger partial charge in [0.1, 0.15) is 0 Å². The number of likely N-dealkylation sites (N-methyl/N-ethyl adjacent to an activating group) is 1. The van der Waals surface area contributed by atoms with Crippen LogP contribution in [0.25, 0.3) is 0 Å². The molecule has 3 atom stereocenters. The average Bonchev–Trinajstić information content (AvgIpc) is 2.85. The molecule has 2 N–H and O–H groups in total. The van der Waals surface area contributed by atoms with E-state index in [1.807, 2.05) is 37.2 Å². The van der Waals surface area contributed by atoms with Crippen LogP contribution < -0.4 is 5.32 Å². The molecule has 1 heterocycles. The maximum atomic E-state index is 12.5. The van der Waals surface area contributed by atoms with Gasteiger partial charge in [0, 0.05) is 25.7 Å². The summed E-state index contributed by atoms with van der Waals surface area (Å²) < 4.78 is 0. The molecule has 1 aliphatic rings. The van der Waals surface area contributed by atoms with Crippen LogP contribution in [0.5, 0.6) is 0 Å². The van der Waals surface area contributed by atoms with Crippen LogP contribution in [0.2, 0.25) is 0 Å². The predicted molar refractivity (Wildman–Crippen MR) is 96.6 cm³/mol. The van der Waals surface area contributed by atoms with Crippen molar-refractivity contribution in [1.29, 1.82) is 0 Å². The predicted octanol–water partition coefficient (Wildman–Crippen LogP) is 1.32. The van der Waals surface area contributed by atoms with E-state index >= 15 is 0 Å². The van der Waals surface area contributed by atoms with Gasteiger partial charge in [-0.2, -0.15) is 0 Å². The lowest BCUT2D eigenvalue weighted by atomic mass is 10.0. The topological polar surface area (TPSA) is 55.8 Å². The van der Waals surface area contributed by atoms with Gasteiger partial charge in [0.15, 0.2) is 0 Å². The number of aliphatic hydroxyl groups excluding tert-OH is 1. The quantitative estimate of drug-likeness (QED) is 0.790. The van der Waals surface area contributed by atoms with Crippen LogP contribution >= 0.6 is 0 Å². The number of hydrogen-bond acceptors (Lipinski definition) is 4. The summed E-state index contributed by atoms with van der Waals surface area (Å²) in [4.78, 5) is 16.7. The fourth-order valence-electron chi connectivity index (χ4n) is 3.64. The minimum atomic E-state index is -0.314. The Balaban J connectivity index is 1.93. The van der Waals surface area contributed by atoms with Gasteiger partial charge in [0.25, 0.3) is 0 Å². The van der Waals surface area contributed by atoms with Gasteiger partial charge in [0.05, 0.1) is 12.1 Å². The number of aliphatic hydroxyl groups is 1. The van der Waals surface area contributed by atoms with E-state index in [0.717, 1.165) is 6.54 Å². The first-order valence-electron chi connectivity index (χ1n) is 8.78. The fourth-order valence-corrected chi connectivity index (χ4v) is 3.64. The van der Waals surface area contributed by atoms with Crippen LogP contribution in [0, 0.1) is 5.92 Å². The zero-order chi connectivity index (χ0) is 17.7. The van der Waals surface area contributed by atoms with Gasteiger partial charge in [-0.15, -0.1) is 0 Å². The lowest BCUT2D eigenvalue weighted by molar-refractivity contribution is -0.127. The smallest absolute Gasteiger partial charge is 0.237 e. The van der Waals surface area contributed by atoms with E-state index < -0.39 is 0 Å². The van der Waals surface area contributed by atoms with Crippen molar-refractivity contribution in [1.82, 2.24) is 15.1 Å². The van der Waals surface area contributed by atoms with Gasteiger partial charge < -0.3 is 10.4 Å². The summed E-state index contributed by atoms with van der Waals surface area (Å²) in [6.45, 7) is 6.17. The highest BCUT2D eigenvalue weighted by molar-refractivity contribution is 5.82. The molecule has 0 aliphatic carbocycles. The number of rotatable bonds is 7. The Bertz CT molecular complexity index is 511. The SMILES string of the molecule is CC(C)C(C(=O)NCC1CC(O)CN1Cc1ccccc1)N(C)C. The minimum Gasteiger partial charge on any atom is -0.392 e. The maximum Gasteiger partial charge on any atom is 0.237 e. The molecule has 1 fully saturated rings. The molecule has 5 nitrogen and oxygen atoms in total. The van der Waals surface area contributed by atoms with E-state index in [2.05, 4.69) is 36.2 Å². The summed E-state index contributed by atoms with van der Waals surface area (Å²) in [7, 11) is 3.87. The zero-order valence-corrected chi connectivity index (χ0v) is 15.3. The number of β-amino-alcohol motifs (C(OH)–C–C–N with tert-alkyl or cyclic N) is 1. The van der Waals surface area contributed by atoms with Gasteiger partial charge in [0.2, 0.25) is 5.91 Å². The highest BCUT2D eigenvalue weighted by atomic mass is 16.3. The third-order valence-electron chi connectivity index (χ3n) is 4.70. The van der Waals surface area contributed by atoms with E-state index in [0.29, 0.717) is 19.5 Å². The Labute approximate surface area is 145 Å². The molecule has 5 heteroatoms. The molecule has 0 spiro atoms. The molecule has 134 valence electrons. The minimum absolute atomic E-state index is 0.0658. The summed E-state index contributed by atoms with van der Waals surface area (Å²) in [5.41, 5.74) is 1.23. The van der Waals surface area contributed by atoms with Crippen molar-refractivity contribution < 1.29 is 9.90 Å². The van der Waals surface area contributed by atoms with Crippen molar-refractivity contribution in [3.8, 4) is 0 Å². The van der Waals surface area contributed by atoms with Crippen LogP contribution in [0.4, 0.5) is 0 Å². The molecule has 1 amide bonds. The number of carbonyl (C=O) groups is 1. The van der Waals surface area contributed by atoms with Gasteiger partial charge in [-0.1, -0.05) is 44.2 Å². The highest BCUT2D eigenvalue weighted by Gasteiger charge is 2.32. The average molecular weight is 333 g/mol. The molecular formula is C19H31N3O2. The molecule has 0 aromatic heterocycles. The monoisotopic (exact) mass is 333 g/mol. The normalized spacial score (nSPS) is 23.0. The van der Waals surface area contributed by atoms with Gasteiger partial charge in [-0.25, -0.2) is 0 Å². The van der Waals surface area contributed by atoms with Gasteiger partial charge >= 0.3 is 0 Å². The van der Waals surface area contributed by atoms with Crippen LogP contribution in [0.1, 0.15) is 25.8 Å². The molecule has 24 heavy (non-hydrogen) atoms. The second-order valence-corrected chi connectivity index (χ2v) is 7.36. The highest BCUT2D eigenvalue weighted by Crippen LogP contribution is 2.20. The summed E-state index contributed by atoms with van der Waals surface area (Å²) >= 11 is 0. The second kappa shape index (κ2) is 8.60. The number of nitrogens with one attached hydrogen (secondary N) is 1. The lowest BCUT2D eigenvalue weighted by Gasteiger charge is -2.29. The van der Waals surface area contributed by atoms with Crippen molar-refractivity contribution in [2.45, 2.75) is 45.0 Å². The van der Waals surface area contributed by atoms with E-state index in [9.17, 15) is 9.90 Å². The number of benzene rings is 1. The van der Waals surface area contributed by atoms with Crippen molar-refractivity contribution in [2.24, 2.45) is 5.92 Å². The second-order valence-electron chi connectivity index (χ2n) is 7.36. The van der Waals surface area contributed by atoms with Gasteiger partial charge in [-0.05, 0) is 32.0 Å². The molecule has 1 aromatic rings. The Morgan fingerprint density at radius 3 is 2.58 bits per heavy atom. The summed E-state index contributed by atoms with van der Waals surface area (Å²) in [6.07, 6.45) is 0.395. The molecule has 1 aromatic carbocycles. The number of carbonyl (C=O) groups excluding carboxylic acids is 1. The fraction of sp³-hybridized carbons (Fsp3) is 0.632. The van der Waals surface area contributed by atoms with Crippen LogP contribution in [0.3, 0.4) is 0 Å². The van der Waals surface area contributed by atoms with Crippen molar-refractivity contribution in [3.05, 3.63) is 35.9 Å². The van der Waals surface area contributed by atoms with E-state index in [4.69, 9.17) is 0 Å². The Kier molecular flexibility index (Phi) is 6.78. The van der Waals surface area contributed by atoms with Crippen LogP contribution in [-0.2, 0) is 11.3 Å². The number of amides is 1. The van der Waals surface area contributed by atoms with Crippen molar-refractivity contribution in [2.75, 3.05) is 27.2 Å². The summed E-state index contributed by atoms with van der Waals surface area (Å²) in [6, 6.07) is 10.3. The molecule has 1 saturated heterocycles. The molecule has 1 aliphatic heterocycles. The Morgan fingerprint density at radius 2 is 2.00 bits per heavy atom. The third kappa shape index (κ3) is 5.03. The first-order chi connectivity index (χ1) is 11.4. The first-order valence-corrected chi connectivity index (χ1v) is 8.78. The molecule has 2 rings (SSSR count). The van der Waals surface area contributed by atoms with Crippen molar-refractivity contribution >= 4 is 5.91 Å². The zero-order valence-electron chi connectivity index (χ0n) is 15.3. The molecule has 0 bridgehead atoms. The maximum absolute atomic E-state index is 12.5. The Morgan fingerprint density at radius 1 is 1.33 bits per heavy atom. The summed E-state index contributed by atoms with van der Waals surface area (Å²) in [5, 5.41) is 13.1. The third-order valence-corrected chi connectivity index (χ3v) is 4.70. The first kappa shape index (κ1) is 18.9. The molecule has 0 radical (unpaired) electrons. The summed E-state index contributed by atoms with van der Waals surface area (Å²) in [5.74, 6) is 0.325. The molecule has 3 unspecified atom stereocenters. The lowest BCUT2D eigenvalue weighted by Crippen LogP contribution is -2.49. The molecule has 0 saturated carbocycles. The number of hydrogen-bond donors (Lipinski definition) is 2. The van der Waals surface area contributed by atoms with Gasteiger partial charge in [-0.3, -0.25) is 14.6 Å². The number of nitrogens with zero attached hydrogens (tertiary/aromatic N) is 2. The van der Waals surface area contributed by atoms with Crippen LogP contribution in [0.15, 0.2) is 30.3 Å². The van der Waals surface area contributed by atoms with Crippen LogP contribution in [-0.4, -0.2) is 66.2 Å².